The molecule has 0 amide bonds. The molecule has 1 atom stereocenters. The monoisotopic (exact) mass is 412 g/mol. The molecule has 1 aliphatic heterocycles. The van der Waals surface area contributed by atoms with Crippen LogP contribution >= 0.6 is 12.4 Å². The Balaban J connectivity index is 0.00000240. The summed E-state index contributed by atoms with van der Waals surface area (Å²) in [5, 5.41) is 12.8. The van der Waals surface area contributed by atoms with Crippen LogP contribution in [0.15, 0.2) is 54.6 Å². The van der Waals surface area contributed by atoms with E-state index in [4.69, 9.17) is 0 Å². The molecule has 0 radical (unpaired) electrons. The molecule has 4 rings (SSSR count). The number of piperazine rings is 1. The van der Waals surface area contributed by atoms with E-state index in [1.54, 1.807) is 0 Å². The fraction of sp³-hybridized carbons (Fsp3) is 0.409. The number of aryl methyl sites for hydroxylation is 3. The third-order valence-corrected chi connectivity index (χ3v) is 5.56. The van der Waals surface area contributed by atoms with Crippen LogP contribution in [0.2, 0.25) is 0 Å². The van der Waals surface area contributed by atoms with Crippen molar-refractivity contribution in [2.75, 3.05) is 33.2 Å². The molecule has 2 aromatic carbocycles. The van der Waals surface area contributed by atoms with E-state index in [2.05, 4.69) is 87.8 Å². The second-order valence-corrected chi connectivity index (χ2v) is 7.65. The molecule has 0 aliphatic carbocycles. The van der Waals surface area contributed by atoms with Gasteiger partial charge in [-0.25, -0.2) is 4.68 Å². The van der Waals surface area contributed by atoms with E-state index in [0.29, 0.717) is 0 Å². The largest absolute Gasteiger partial charge is 0.304 e. The topological polar surface area (TPSA) is 50.1 Å². The van der Waals surface area contributed by atoms with Gasteiger partial charge >= 0.3 is 0 Å². The van der Waals surface area contributed by atoms with E-state index in [0.717, 1.165) is 45.0 Å². The van der Waals surface area contributed by atoms with Crippen molar-refractivity contribution in [3.8, 4) is 0 Å². The van der Waals surface area contributed by atoms with E-state index < -0.39 is 0 Å². The van der Waals surface area contributed by atoms with Gasteiger partial charge in [-0.1, -0.05) is 60.2 Å². The summed E-state index contributed by atoms with van der Waals surface area (Å²) in [5.74, 6) is 0.935. The summed E-state index contributed by atoms with van der Waals surface area (Å²) < 4.78 is 1.98. The summed E-state index contributed by atoms with van der Waals surface area (Å²) in [6.07, 6.45) is 0.919. The van der Waals surface area contributed by atoms with E-state index in [9.17, 15) is 0 Å². The van der Waals surface area contributed by atoms with Crippen molar-refractivity contribution in [1.29, 1.82) is 0 Å². The number of aromatic nitrogens is 4. The van der Waals surface area contributed by atoms with Crippen LogP contribution in [-0.4, -0.2) is 63.2 Å². The number of nitrogens with zero attached hydrogens (tertiary/aromatic N) is 6. The van der Waals surface area contributed by atoms with Crippen LogP contribution in [-0.2, 0) is 13.0 Å². The van der Waals surface area contributed by atoms with Crippen molar-refractivity contribution in [2.24, 2.45) is 0 Å². The van der Waals surface area contributed by atoms with E-state index >= 15 is 0 Å². The maximum atomic E-state index is 4.47. The number of hydrogen-bond donors (Lipinski definition) is 0. The lowest BCUT2D eigenvalue weighted by molar-refractivity contribution is 0.121. The first kappa shape index (κ1) is 21.4. The number of halogens is 1. The fourth-order valence-corrected chi connectivity index (χ4v) is 3.80. The lowest BCUT2D eigenvalue weighted by Gasteiger charge is -2.37. The summed E-state index contributed by atoms with van der Waals surface area (Å²) in [6.45, 7) is 7.06. The normalized spacial score (nSPS) is 16.3. The molecule has 2 heterocycles. The number of hydrogen-bond acceptors (Lipinski definition) is 5. The Morgan fingerprint density at radius 2 is 1.62 bits per heavy atom. The minimum atomic E-state index is 0. The molecule has 1 saturated heterocycles. The summed E-state index contributed by atoms with van der Waals surface area (Å²) in [5.41, 5.74) is 3.82. The zero-order valence-electron chi connectivity index (χ0n) is 17.1. The average molecular weight is 413 g/mol. The number of likely N-dealkylation sites (N-methyl/N-ethyl adjacent to an activating group) is 1. The van der Waals surface area contributed by atoms with Crippen LogP contribution in [0.3, 0.4) is 0 Å². The first-order valence-electron chi connectivity index (χ1n) is 10.00. The van der Waals surface area contributed by atoms with Crippen molar-refractivity contribution in [2.45, 2.75) is 25.9 Å². The Kier molecular flexibility index (Phi) is 7.36. The van der Waals surface area contributed by atoms with Gasteiger partial charge in [0.15, 0.2) is 5.82 Å². The van der Waals surface area contributed by atoms with Crippen molar-refractivity contribution in [3.63, 3.8) is 0 Å². The molecule has 1 aromatic heterocycles. The minimum absolute atomic E-state index is 0. The lowest BCUT2D eigenvalue weighted by atomic mass is 10.0. The Morgan fingerprint density at radius 3 is 2.31 bits per heavy atom. The molecular weight excluding hydrogens is 384 g/mol. The quantitative estimate of drug-likeness (QED) is 0.623. The van der Waals surface area contributed by atoms with Crippen molar-refractivity contribution in [3.05, 3.63) is 77.1 Å². The number of benzene rings is 2. The first-order valence-corrected chi connectivity index (χ1v) is 10.00. The molecule has 29 heavy (non-hydrogen) atoms. The molecule has 0 saturated carbocycles. The summed E-state index contributed by atoms with van der Waals surface area (Å²) in [6, 6.07) is 19.4. The zero-order chi connectivity index (χ0) is 19.3. The summed E-state index contributed by atoms with van der Waals surface area (Å²) in [4.78, 5) is 4.89. The van der Waals surface area contributed by atoms with Gasteiger partial charge in [-0.15, -0.1) is 17.5 Å². The van der Waals surface area contributed by atoms with Gasteiger partial charge in [-0.3, -0.25) is 4.90 Å². The highest BCUT2D eigenvalue weighted by atomic mass is 35.5. The molecule has 1 aliphatic rings. The molecule has 1 fully saturated rings. The zero-order valence-corrected chi connectivity index (χ0v) is 17.9. The molecule has 6 nitrogen and oxygen atoms in total. The van der Waals surface area contributed by atoms with E-state index in [1.807, 2.05) is 10.7 Å². The predicted octanol–water partition coefficient (Wildman–Crippen LogP) is 2.98. The molecule has 0 bridgehead atoms. The third-order valence-electron chi connectivity index (χ3n) is 5.56. The number of rotatable bonds is 6. The molecule has 0 spiro atoms. The molecule has 3 aromatic rings. The first-order chi connectivity index (χ1) is 13.7. The fourth-order valence-electron chi connectivity index (χ4n) is 3.80. The molecule has 1 unspecified atom stereocenters. The van der Waals surface area contributed by atoms with Crippen LogP contribution in [0.1, 0.15) is 28.6 Å². The Bertz CT molecular complexity index is 872. The predicted molar refractivity (Wildman–Crippen MR) is 117 cm³/mol. The average Bonchev–Trinajstić information content (AvgIpc) is 3.18. The lowest BCUT2D eigenvalue weighted by Crippen LogP contribution is -2.46. The second kappa shape index (κ2) is 9.96. The molecular formula is C22H29ClN6. The SMILES string of the molecule is Cc1ccc(C(c2nnnn2CCc2ccccc2)N2CCN(C)CC2)cc1.Cl. The van der Waals surface area contributed by atoms with Crippen molar-refractivity contribution < 1.29 is 0 Å². The van der Waals surface area contributed by atoms with Crippen LogP contribution in [0.25, 0.3) is 0 Å². The van der Waals surface area contributed by atoms with Gasteiger partial charge in [-0.05, 0) is 41.9 Å². The van der Waals surface area contributed by atoms with Gasteiger partial charge in [0, 0.05) is 32.7 Å². The maximum absolute atomic E-state index is 4.47. The van der Waals surface area contributed by atoms with Crippen molar-refractivity contribution in [1.82, 2.24) is 30.0 Å². The summed E-state index contributed by atoms with van der Waals surface area (Å²) >= 11 is 0. The Morgan fingerprint density at radius 1 is 0.931 bits per heavy atom. The highest BCUT2D eigenvalue weighted by Crippen LogP contribution is 2.28. The van der Waals surface area contributed by atoms with Crippen LogP contribution < -0.4 is 0 Å². The number of tetrazole rings is 1. The molecule has 154 valence electrons. The van der Waals surface area contributed by atoms with Gasteiger partial charge < -0.3 is 4.90 Å². The van der Waals surface area contributed by atoms with E-state index in [-0.39, 0.29) is 18.4 Å². The summed E-state index contributed by atoms with van der Waals surface area (Å²) in [7, 11) is 2.18. The Hall–Kier alpha value is -2.28. The molecule has 7 heteroatoms. The van der Waals surface area contributed by atoms with Gasteiger partial charge in [-0.2, -0.15) is 0 Å². The van der Waals surface area contributed by atoms with Crippen LogP contribution in [0.5, 0.6) is 0 Å². The second-order valence-electron chi connectivity index (χ2n) is 7.65. The molecule has 0 N–H and O–H groups in total. The Labute approximate surface area is 178 Å². The minimum Gasteiger partial charge on any atom is -0.304 e. The van der Waals surface area contributed by atoms with Gasteiger partial charge in [0.05, 0.1) is 6.04 Å². The van der Waals surface area contributed by atoms with Gasteiger partial charge in [0.1, 0.15) is 0 Å². The van der Waals surface area contributed by atoms with Crippen molar-refractivity contribution >= 4 is 12.4 Å². The highest BCUT2D eigenvalue weighted by Gasteiger charge is 2.29. The standard InChI is InChI=1S/C22H28N6.ClH/c1-18-8-10-20(11-9-18)21(27-16-14-26(2)15-17-27)22-23-24-25-28(22)13-12-19-6-4-3-5-7-19;/h3-11,21H,12-17H2,1-2H3;1H. The van der Waals surface area contributed by atoms with Crippen LogP contribution in [0, 0.1) is 6.92 Å². The highest BCUT2D eigenvalue weighted by molar-refractivity contribution is 5.85. The maximum Gasteiger partial charge on any atom is 0.173 e. The third kappa shape index (κ3) is 5.21. The van der Waals surface area contributed by atoms with Gasteiger partial charge in [0.25, 0.3) is 0 Å². The smallest absolute Gasteiger partial charge is 0.173 e. The van der Waals surface area contributed by atoms with E-state index in [1.165, 1.54) is 16.7 Å². The van der Waals surface area contributed by atoms with Gasteiger partial charge in [0.2, 0.25) is 0 Å². The van der Waals surface area contributed by atoms with Crippen LogP contribution in [0.4, 0.5) is 0 Å².